The highest BCUT2D eigenvalue weighted by atomic mass is 15.1. The number of imidazole rings is 1. The molecule has 0 unspecified atom stereocenters. The highest BCUT2D eigenvalue weighted by molar-refractivity contribution is 6.31. The topological polar surface area (TPSA) is 94.1 Å². The zero-order chi connectivity index (χ0) is 13.9. The Labute approximate surface area is 117 Å². The maximum absolute atomic E-state index is 5.45. The molecule has 4 N–H and O–H groups in total. The van der Waals surface area contributed by atoms with Crippen LogP contribution in [-0.4, -0.2) is 27.9 Å². The van der Waals surface area contributed by atoms with Crippen LogP contribution in [0.5, 0.6) is 0 Å². The molecule has 6 heteroatoms. The SMILES string of the molecule is NCC(C=NCc1cn2cc(C3CC3)ccc2n1)=NN. The van der Waals surface area contributed by atoms with Crippen LogP contribution in [0.3, 0.4) is 0 Å². The molecule has 1 aliphatic carbocycles. The van der Waals surface area contributed by atoms with E-state index >= 15 is 0 Å². The molecule has 0 atom stereocenters. The number of aromatic nitrogens is 2. The maximum atomic E-state index is 5.45. The van der Waals surface area contributed by atoms with Gasteiger partial charge in [-0.3, -0.25) is 4.99 Å². The lowest BCUT2D eigenvalue weighted by atomic mass is 10.2. The molecule has 1 fully saturated rings. The van der Waals surface area contributed by atoms with Crippen LogP contribution in [0.25, 0.3) is 5.65 Å². The van der Waals surface area contributed by atoms with Crippen molar-refractivity contribution < 1.29 is 0 Å². The van der Waals surface area contributed by atoms with E-state index in [0.29, 0.717) is 12.3 Å². The Morgan fingerprint density at radius 2 is 2.25 bits per heavy atom. The van der Waals surface area contributed by atoms with Gasteiger partial charge in [0.2, 0.25) is 0 Å². The van der Waals surface area contributed by atoms with Gasteiger partial charge < -0.3 is 16.0 Å². The van der Waals surface area contributed by atoms with Gasteiger partial charge in [0.25, 0.3) is 0 Å². The van der Waals surface area contributed by atoms with Crippen LogP contribution in [0.1, 0.15) is 30.0 Å². The minimum atomic E-state index is 0.288. The van der Waals surface area contributed by atoms with Gasteiger partial charge in [0.15, 0.2) is 0 Å². The van der Waals surface area contributed by atoms with Crippen molar-refractivity contribution in [2.24, 2.45) is 21.7 Å². The van der Waals surface area contributed by atoms with Gasteiger partial charge in [-0.2, -0.15) is 5.10 Å². The zero-order valence-corrected chi connectivity index (χ0v) is 11.2. The number of pyridine rings is 1. The van der Waals surface area contributed by atoms with E-state index in [0.717, 1.165) is 17.3 Å². The van der Waals surface area contributed by atoms with Crippen molar-refractivity contribution in [1.82, 2.24) is 9.38 Å². The Kier molecular flexibility index (Phi) is 3.47. The normalized spacial score (nSPS) is 16.4. The van der Waals surface area contributed by atoms with Crippen LogP contribution in [-0.2, 0) is 6.54 Å². The standard InChI is InChI=1S/C14H18N6/c15-5-12(19-16)6-17-7-13-9-20-8-11(10-1-2-10)3-4-14(20)18-13/h3-4,6,8-10H,1-2,5,7,15-16H2. The number of hydrogen-bond donors (Lipinski definition) is 2. The van der Waals surface area contributed by atoms with Crippen LogP contribution in [0.4, 0.5) is 0 Å². The summed E-state index contributed by atoms with van der Waals surface area (Å²) >= 11 is 0. The van der Waals surface area contributed by atoms with Crippen LogP contribution in [0, 0.1) is 0 Å². The van der Waals surface area contributed by atoms with E-state index < -0.39 is 0 Å². The average molecular weight is 270 g/mol. The van der Waals surface area contributed by atoms with Crippen LogP contribution < -0.4 is 11.6 Å². The van der Waals surface area contributed by atoms with Gasteiger partial charge in [0, 0.05) is 25.2 Å². The molecule has 0 spiro atoms. The number of rotatable bonds is 5. The Morgan fingerprint density at radius 3 is 2.95 bits per heavy atom. The van der Waals surface area contributed by atoms with Crippen molar-refractivity contribution in [2.45, 2.75) is 25.3 Å². The van der Waals surface area contributed by atoms with E-state index in [1.54, 1.807) is 6.21 Å². The van der Waals surface area contributed by atoms with E-state index in [1.807, 2.05) is 6.20 Å². The largest absolute Gasteiger partial charge is 0.325 e. The van der Waals surface area contributed by atoms with Gasteiger partial charge in [0.1, 0.15) is 5.65 Å². The maximum Gasteiger partial charge on any atom is 0.137 e. The molecular weight excluding hydrogens is 252 g/mol. The van der Waals surface area contributed by atoms with E-state index in [2.05, 4.69) is 37.8 Å². The summed E-state index contributed by atoms with van der Waals surface area (Å²) in [6.45, 7) is 0.787. The van der Waals surface area contributed by atoms with Gasteiger partial charge in [-0.25, -0.2) is 4.98 Å². The van der Waals surface area contributed by atoms with E-state index in [9.17, 15) is 0 Å². The van der Waals surface area contributed by atoms with Gasteiger partial charge >= 0.3 is 0 Å². The highest BCUT2D eigenvalue weighted by Crippen LogP contribution is 2.39. The summed E-state index contributed by atoms with van der Waals surface area (Å²) in [6.07, 6.45) is 8.38. The first-order valence-electron chi connectivity index (χ1n) is 6.74. The lowest BCUT2D eigenvalue weighted by Crippen LogP contribution is -2.16. The summed E-state index contributed by atoms with van der Waals surface area (Å²) in [5.74, 6) is 5.92. The Bertz CT molecular complexity index is 665. The van der Waals surface area contributed by atoms with Crippen LogP contribution in [0.15, 0.2) is 34.6 Å². The lowest BCUT2D eigenvalue weighted by Gasteiger charge is -1.98. The summed E-state index contributed by atoms with van der Waals surface area (Å²) in [5.41, 5.74) is 9.29. The van der Waals surface area contributed by atoms with Gasteiger partial charge in [-0.15, -0.1) is 0 Å². The van der Waals surface area contributed by atoms with E-state index in [1.165, 1.54) is 18.4 Å². The molecule has 6 nitrogen and oxygen atoms in total. The number of aliphatic imine (C=N–C) groups is 1. The van der Waals surface area contributed by atoms with Crippen molar-refractivity contribution in [1.29, 1.82) is 0 Å². The quantitative estimate of drug-likeness (QED) is 0.483. The number of nitrogens with two attached hydrogens (primary N) is 2. The zero-order valence-electron chi connectivity index (χ0n) is 11.2. The molecule has 0 saturated heterocycles. The molecule has 0 aromatic carbocycles. The summed E-state index contributed by atoms with van der Waals surface area (Å²) < 4.78 is 2.07. The summed E-state index contributed by atoms with van der Waals surface area (Å²) in [6, 6.07) is 4.23. The Balaban J connectivity index is 1.75. The third-order valence-corrected chi connectivity index (χ3v) is 3.44. The fourth-order valence-corrected chi connectivity index (χ4v) is 2.18. The molecule has 3 rings (SSSR count). The lowest BCUT2D eigenvalue weighted by molar-refractivity contribution is 1.02. The van der Waals surface area contributed by atoms with Crippen molar-refractivity contribution in [3.63, 3.8) is 0 Å². The first-order valence-corrected chi connectivity index (χ1v) is 6.74. The van der Waals surface area contributed by atoms with Crippen molar-refractivity contribution in [2.75, 3.05) is 6.54 Å². The van der Waals surface area contributed by atoms with Crippen LogP contribution >= 0.6 is 0 Å². The number of hydrazone groups is 1. The van der Waals surface area contributed by atoms with Gasteiger partial charge in [-0.1, -0.05) is 6.07 Å². The summed E-state index contributed by atoms with van der Waals surface area (Å²) in [7, 11) is 0. The molecule has 0 amide bonds. The van der Waals surface area contributed by atoms with Crippen molar-refractivity contribution >= 4 is 17.6 Å². The molecule has 2 aromatic heterocycles. The second-order valence-corrected chi connectivity index (χ2v) is 5.03. The molecule has 0 radical (unpaired) electrons. The summed E-state index contributed by atoms with van der Waals surface area (Å²) in [4.78, 5) is 8.79. The minimum absolute atomic E-state index is 0.288. The number of fused-ring (bicyclic) bond motifs is 1. The fraction of sp³-hybridized carbons (Fsp3) is 0.357. The molecular formula is C14H18N6. The highest BCUT2D eigenvalue weighted by Gasteiger charge is 2.23. The predicted octanol–water partition coefficient (Wildman–Crippen LogP) is 1.06. The third-order valence-electron chi connectivity index (χ3n) is 3.44. The van der Waals surface area contributed by atoms with E-state index in [4.69, 9.17) is 11.6 Å². The van der Waals surface area contributed by atoms with E-state index in [-0.39, 0.29) is 6.54 Å². The molecule has 1 saturated carbocycles. The van der Waals surface area contributed by atoms with Crippen molar-refractivity contribution in [3.8, 4) is 0 Å². The first-order chi connectivity index (χ1) is 9.80. The molecule has 2 heterocycles. The van der Waals surface area contributed by atoms with Gasteiger partial charge in [-0.05, 0) is 30.4 Å². The molecule has 104 valence electrons. The van der Waals surface area contributed by atoms with Crippen LogP contribution in [0.2, 0.25) is 0 Å². The average Bonchev–Trinajstić information content (AvgIpc) is 3.23. The fourth-order valence-electron chi connectivity index (χ4n) is 2.18. The molecule has 2 aromatic rings. The Hall–Kier alpha value is -2.21. The number of hydrogen-bond acceptors (Lipinski definition) is 5. The molecule has 20 heavy (non-hydrogen) atoms. The predicted molar refractivity (Wildman–Crippen MR) is 80.0 cm³/mol. The smallest absolute Gasteiger partial charge is 0.137 e. The Morgan fingerprint density at radius 1 is 1.40 bits per heavy atom. The monoisotopic (exact) mass is 270 g/mol. The molecule has 0 aliphatic heterocycles. The molecule has 0 bridgehead atoms. The second kappa shape index (κ2) is 5.42. The summed E-state index contributed by atoms with van der Waals surface area (Å²) in [5, 5.41) is 3.54. The second-order valence-electron chi connectivity index (χ2n) is 5.03. The third kappa shape index (κ3) is 2.70. The van der Waals surface area contributed by atoms with Gasteiger partial charge in [0.05, 0.1) is 18.0 Å². The number of nitrogens with zero attached hydrogens (tertiary/aromatic N) is 4. The molecule has 1 aliphatic rings. The first kappa shape index (κ1) is 12.8. The minimum Gasteiger partial charge on any atom is -0.325 e. The van der Waals surface area contributed by atoms with Crippen molar-refractivity contribution in [3.05, 3.63) is 35.8 Å².